The molecule has 0 saturated carbocycles. The van der Waals surface area contributed by atoms with E-state index in [1.165, 1.54) is 0 Å². The molecule has 0 bridgehead atoms. The molecule has 1 rings (SSSR count). The first-order valence-corrected chi connectivity index (χ1v) is 5.84. The Kier molecular flexibility index (Phi) is 4.99. The Morgan fingerprint density at radius 3 is 2.17 bits per heavy atom. The molecule has 1 aromatic rings. The van der Waals surface area contributed by atoms with Gasteiger partial charge in [0.25, 0.3) is 0 Å². The highest BCUT2D eigenvalue weighted by Gasteiger charge is 2.15. The number of rotatable bonds is 6. The normalized spacial score (nSPS) is 10.8. The van der Waals surface area contributed by atoms with Gasteiger partial charge in [0, 0.05) is 19.2 Å². The molecule has 1 N–H and O–H groups in total. The van der Waals surface area contributed by atoms with Gasteiger partial charge in [0.15, 0.2) is 0 Å². The molecule has 4 nitrogen and oxygen atoms in total. The molecule has 0 amide bonds. The van der Waals surface area contributed by atoms with Crippen LogP contribution in [0.3, 0.4) is 0 Å². The number of nitriles is 1. The van der Waals surface area contributed by atoms with Gasteiger partial charge in [-0.25, -0.2) is 0 Å². The minimum Gasteiger partial charge on any atom is -0.497 e. The Bertz CT molecular complexity index is 414. The van der Waals surface area contributed by atoms with Crippen LogP contribution in [0.4, 0.5) is 0 Å². The van der Waals surface area contributed by atoms with E-state index >= 15 is 0 Å². The van der Waals surface area contributed by atoms with Crippen molar-refractivity contribution >= 4 is 0 Å². The van der Waals surface area contributed by atoms with Crippen LogP contribution in [0.15, 0.2) is 18.2 Å². The molecule has 0 aliphatic heterocycles. The molecule has 1 aromatic carbocycles. The summed E-state index contributed by atoms with van der Waals surface area (Å²) in [5.74, 6) is 1.54. The number of benzene rings is 1. The van der Waals surface area contributed by atoms with E-state index in [4.69, 9.17) is 14.7 Å². The third kappa shape index (κ3) is 4.27. The van der Waals surface area contributed by atoms with Crippen molar-refractivity contribution in [1.29, 1.82) is 5.26 Å². The first-order valence-electron chi connectivity index (χ1n) is 5.84. The third-order valence-corrected chi connectivity index (χ3v) is 2.61. The molecule has 0 unspecified atom stereocenters. The lowest BCUT2D eigenvalue weighted by Crippen LogP contribution is -2.27. The highest BCUT2D eigenvalue weighted by atomic mass is 16.5. The topological polar surface area (TPSA) is 54.3 Å². The number of methoxy groups -OCH3 is 2. The van der Waals surface area contributed by atoms with Crippen molar-refractivity contribution < 1.29 is 9.47 Å². The van der Waals surface area contributed by atoms with Crippen molar-refractivity contribution in [3.63, 3.8) is 0 Å². The number of ether oxygens (including phenoxy) is 2. The summed E-state index contributed by atoms with van der Waals surface area (Å²) >= 11 is 0. The van der Waals surface area contributed by atoms with Crippen molar-refractivity contribution in [2.24, 2.45) is 5.41 Å². The van der Waals surface area contributed by atoms with E-state index in [1.54, 1.807) is 14.2 Å². The summed E-state index contributed by atoms with van der Waals surface area (Å²) in [5.41, 5.74) is 0.711. The van der Waals surface area contributed by atoms with Crippen LogP contribution >= 0.6 is 0 Å². The van der Waals surface area contributed by atoms with Crippen LogP contribution < -0.4 is 14.8 Å². The van der Waals surface area contributed by atoms with Crippen LogP contribution in [0.25, 0.3) is 0 Å². The fourth-order valence-corrected chi connectivity index (χ4v) is 1.53. The summed E-state index contributed by atoms with van der Waals surface area (Å²) in [5, 5.41) is 12.2. The molecule has 0 radical (unpaired) electrons. The second kappa shape index (κ2) is 6.27. The number of hydrogen-bond donors (Lipinski definition) is 1. The van der Waals surface area contributed by atoms with Crippen LogP contribution in [0, 0.1) is 16.7 Å². The quantitative estimate of drug-likeness (QED) is 0.839. The molecule has 0 atom stereocenters. The summed E-state index contributed by atoms with van der Waals surface area (Å²) in [6, 6.07) is 8.00. The van der Waals surface area contributed by atoms with Gasteiger partial charge in [-0.2, -0.15) is 5.26 Å². The average molecular weight is 248 g/mol. The van der Waals surface area contributed by atoms with Gasteiger partial charge < -0.3 is 14.8 Å². The molecule has 18 heavy (non-hydrogen) atoms. The molecule has 0 aliphatic rings. The summed E-state index contributed by atoms with van der Waals surface area (Å²) in [4.78, 5) is 0. The Morgan fingerprint density at radius 1 is 1.17 bits per heavy atom. The standard InChI is InChI=1S/C14H20N2O2/c1-14(2,9-15)10-16-8-11-5-12(17-3)7-13(6-11)18-4/h5-7,16H,8,10H2,1-4H3. The van der Waals surface area contributed by atoms with Crippen LogP contribution in [-0.2, 0) is 6.54 Å². The van der Waals surface area contributed by atoms with E-state index in [0.717, 1.165) is 17.1 Å². The van der Waals surface area contributed by atoms with Crippen molar-refractivity contribution in [3.05, 3.63) is 23.8 Å². The van der Waals surface area contributed by atoms with Gasteiger partial charge in [0.05, 0.1) is 25.7 Å². The Hall–Kier alpha value is -1.73. The van der Waals surface area contributed by atoms with E-state index in [2.05, 4.69) is 11.4 Å². The predicted molar refractivity (Wildman–Crippen MR) is 70.6 cm³/mol. The summed E-state index contributed by atoms with van der Waals surface area (Å²) in [6.45, 7) is 5.14. The van der Waals surface area contributed by atoms with E-state index in [1.807, 2.05) is 32.0 Å². The summed E-state index contributed by atoms with van der Waals surface area (Å²) in [6.07, 6.45) is 0. The largest absolute Gasteiger partial charge is 0.497 e. The Balaban J connectivity index is 2.65. The molecule has 0 aliphatic carbocycles. The summed E-state index contributed by atoms with van der Waals surface area (Å²) in [7, 11) is 3.26. The van der Waals surface area contributed by atoms with Crippen molar-refractivity contribution in [2.75, 3.05) is 20.8 Å². The minimum absolute atomic E-state index is 0.358. The van der Waals surface area contributed by atoms with Crippen molar-refractivity contribution in [1.82, 2.24) is 5.32 Å². The number of nitrogens with zero attached hydrogens (tertiary/aromatic N) is 1. The van der Waals surface area contributed by atoms with Gasteiger partial charge in [-0.15, -0.1) is 0 Å². The van der Waals surface area contributed by atoms with E-state index < -0.39 is 0 Å². The van der Waals surface area contributed by atoms with Gasteiger partial charge >= 0.3 is 0 Å². The van der Waals surface area contributed by atoms with E-state index in [-0.39, 0.29) is 5.41 Å². The van der Waals surface area contributed by atoms with Gasteiger partial charge in [-0.3, -0.25) is 0 Å². The molecular formula is C14H20N2O2. The average Bonchev–Trinajstić information content (AvgIpc) is 2.38. The second-order valence-electron chi connectivity index (χ2n) is 4.82. The number of hydrogen-bond acceptors (Lipinski definition) is 4. The zero-order valence-electron chi connectivity index (χ0n) is 11.4. The lowest BCUT2D eigenvalue weighted by Gasteiger charge is -2.16. The van der Waals surface area contributed by atoms with E-state index in [9.17, 15) is 0 Å². The smallest absolute Gasteiger partial charge is 0.122 e. The molecule has 0 spiro atoms. The lowest BCUT2D eigenvalue weighted by molar-refractivity contribution is 0.392. The molecular weight excluding hydrogens is 228 g/mol. The zero-order chi connectivity index (χ0) is 13.6. The van der Waals surface area contributed by atoms with Gasteiger partial charge in [0.1, 0.15) is 11.5 Å². The first kappa shape index (κ1) is 14.3. The molecule has 0 saturated heterocycles. The van der Waals surface area contributed by atoms with Crippen molar-refractivity contribution in [2.45, 2.75) is 20.4 Å². The second-order valence-corrected chi connectivity index (χ2v) is 4.82. The van der Waals surface area contributed by atoms with Crippen LogP contribution in [0.5, 0.6) is 11.5 Å². The number of nitrogens with one attached hydrogen (secondary N) is 1. The van der Waals surface area contributed by atoms with Gasteiger partial charge in [-0.05, 0) is 31.5 Å². The SMILES string of the molecule is COc1cc(CNCC(C)(C)C#N)cc(OC)c1. The molecule has 0 heterocycles. The zero-order valence-corrected chi connectivity index (χ0v) is 11.4. The molecule has 98 valence electrons. The molecule has 4 heteroatoms. The van der Waals surface area contributed by atoms with Crippen LogP contribution in [-0.4, -0.2) is 20.8 Å². The van der Waals surface area contributed by atoms with Crippen molar-refractivity contribution in [3.8, 4) is 17.6 Å². The highest BCUT2D eigenvalue weighted by Crippen LogP contribution is 2.22. The molecule has 0 aromatic heterocycles. The predicted octanol–water partition coefficient (Wildman–Crippen LogP) is 2.34. The monoisotopic (exact) mass is 248 g/mol. The summed E-state index contributed by atoms with van der Waals surface area (Å²) < 4.78 is 10.4. The van der Waals surface area contributed by atoms with Gasteiger partial charge in [0.2, 0.25) is 0 Å². The molecule has 0 fully saturated rings. The first-order chi connectivity index (χ1) is 8.50. The van der Waals surface area contributed by atoms with E-state index in [0.29, 0.717) is 13.1 Å². The van der Waals surface area contributed by atoms with Gasteiger partial charge in [-0.1, -0.05) is 0 Å². The maximum atomic E-state index is 8.93. The Morgan fingerprint density at radius 2 is 1.72 bits per heavy atom. The van der Waals surface area contributed by atoms with Crippen LogP contribution in [0.1, 0.15) is 19.4 Å². The maximum absolute atomic E-state index is 8.93. The highest BCUT2D eigenvalue weighted by molar-refractivity contribution is 5.38. The fraction of sp³-hybridized carbons (Fsp3) is 0.500. The third-order valence-electron chi connectivity index (χ3n) is 2.61. The minimum atomic E-state index is -0.358. The fourth-order valence-electron chi connectivity index (χ4n) is 1.53. The van der Waals surface area contributed by atoms with Crippen LogP contribution in [0.2, 0.25) is 0 Å². The Labute approximate surface area is 109 Å². The lowest BCUT2D eigenvalue weighted by atomic mass is 9.96. The maximum Gasteiger partial charge on any atom is 0.122 e.